The van der Waals surface area contributed by atoms with Crippen molar-refractivity contribution in [3.63, 3.8) is 0 Å². The Morgan fingerprint density at radius 2 is 1.86 bits per heavy atom. The van der Waals surface area contributed by atoms with Crippen molar-refractivity contribution in [3.05, 3.63) is 57.6 Å². The van der Waals surface area contributed by atoms with Gasteiger partial charge in [-0.15, -0.1) is 0 Å². The number of nitro benzene ring substituents is 1. The predicted octanol–water partition coefficient (Wildman–Crippen LogP) is 3.88. The number of piperazine rings is 1. The quantitative estimate of drug-likeness (QED) is 0.409. The summed E-state index contributed by atoms with van der Waals surface area (Å²) in [4.78, 5) is 15.2. The molecule has 0 aromatic heterocycles. The first-order valence-corrected chi connectivity index (χ1v) is 9.74. The van der Waals surface area contributed by atoms with E-state index in [1.165, 1.54) is 17.8 Å². The van der Waals surface area contributed by atoms with Crippen molar-refractivity contribution in [2.45, 2.75) is 6.42 Å². The molecule has 8 heteroatoms. The number of nitrogens with zero attached hydrogens (tertiary/aromatic N) is 3. The Bertz CT molecular complexity index is 793. The molecule has 7 nitrogen and oxygen atoms in total. The van der Waals surface area contributed by atoms with E-state index >= 15 is 0 Å². The summed E-state index contributed by atoms with van der Waals surface area (Å²) in [5.41, 5.74) is 1.97. The Hall–Kier alpha value is -2.51. The van der Waals surface area contributed by atoms with Crippen LogP contribution in [0.3, 0.4) is 0 Å². The Morgan fingerprint density at radius 1 is 1.14 bits per heavy atom. The number of halogens is 1. The van der Waals surface area contributed by atoms with Crippen molar-refractivity contribution in [1.29, 1.82) is 0 Å². The van der Waals surface area contributed by atoms with Crippen molar-refractivity contribution in [1.82, 2.24) is 4.90 Å². The van der Waals surface area contributed by atoms with Crippen LogP contribution in [0, 0.1) is 10.1 Å². The molecule has 1 fully saturated rings. The van der Waals surface area contributed by atoms with Crippen LogP contribution in [0.2, 0.25) is 5.02 Å². The Labute approximate surface area is 170 Å². The van der Waals surface area contributed by atoms with Crippen molar-refractivity contribution in [2.24, 2.45) is 0 Å². The topological polar surface area (TPSA) is 70.9 Å². The van der Waals surface area contributed by atoms with Crippen LogP contribution in [-0.2, 0) is 0 Å². The number of anilines is 2. The summed E-state index contributed by atoms with van der Waals surface area (Å²) in [6.45, 7) is 5.86. The monoisotopic (exact) mass is 404 g/mol. The van der Waals surface area contributed by atoms with E-state index in [1.807, 2.05) is 12.1 Å². The summed E-state index contributed by atoms with van der Waals surface area (Å²) in [5.74, 6) is 0.878. The summed E-state index contributed by atoms with van der Waals surface area (Å²) in [6, 6.07) is 12.7. The predicted molar refractivity (Wildman–Crippen MR) is 113 cm³/mol. The van der Waals surface area contributed by atoms with Gasteiger partial charge in [0.15, 0.2) is 0 Å². The number of nitro groups is 1. The molecule has 0 atom stereocenters. The van der Waals surface area contributed by atoms with Crippen LogP contribution in [0.25, 0.3) is 0 Å². The summed E-state index contributed by atoms with van der Waals surface area (Å²) >= 11 is 6.10. The van der Waals surface area contributed by atoms with Gasteiger partial charge in [0.1, 0.15) is 5.75 Å². The molecule has 0 spiro atoms. The molecule has 0 bridgehead atoms. The van der Waals surface area contributed by atoms with Crippen LogP contribution in [0.15, 0.2) is 42.5 Å². The maximum Gasteiger partial charge on any atom is 0.271 e. The van der Waals surface area contributed by atoms with Gasteiger partial charge in [-0.3, -0.25) is 15.0 Å². The number of rotatable bonds is 8. The molecule has 1 aliphatic rings. The minimum absolute atomic E-state index is 0.00489. The first-order valence-electron chi connectivity index (χ1n) is 9.36. The first-order chi connectivity index (χ1) is 13.6. The van der Waals surface area contributed by atoms with Crippen molar-refractivity contribution in [3.8, 4) is 5.75 Å². The van der Waals surface area contributed by atoms with E-state index in [9.17, 15) is 10.1 Å². The normalized spacial score (nSPS) is 14.7. The fourth-order valence-corrected chi connectivity index (χ4v) is 3.55. The average Bonchev–Trinajstić information content (AvgIpc) is 2.72. The molecule has 28 heavy (non-hydrogen) atoms. The summed E-state index contributed by atoms with van der Waals surface area (Å²) < 4.78 is 5.21. The SMILES string of the molecule is COc1ccc(N2CCN(CCCNc3ccc([N+](=O)[O-])cc3Cl)CC2)cc1. The number of nitrogens with one attached hydrogen (secondary N) is 1. The smallest absolute Gasteiger partial charge is 0.271 e. The van der Waals surface area contributed by atoms with Gasteiger partial charge in [0.25, 0.3) is 5.69 Å². The molecular formula is C20H25ClN4O3. The van der Waals surface area contributed by atoms with Gasteiger partial charge in [-0.1, -0.05) is 11.6 Å². The number of benzene rings is 2. The fourth-order valence-electron chi connectivity index (χ4n) is 3.31. The maximum absolute atomic E-state index is 10.8. The van der Waals surface area contributed by atoms with Crippen molar-refractivity contribution >= 4 is 28.7 Å². The van der Waals surface area contributed by atoms with E-state index in [0.717, 1.165) is 57.1 Å². The molecule has 0 amide bonds. The molecule has 1 saturated heterocycles. The highest BCUT2D eigenvalue weighted by Crippen LogP contribution is 2.26. The zero-order valence-electron chi connectivity index (χ0n) is 15.9. The largest absolute Gasteiger partial charge is 0.497 e. The third-order valence-electron chi connectivity index (χ3n) is 4.94. The first kappa shape index (κ1) is 20.2. The summed E-state index contributed by atoms with van der Waals surface area (Å²) in [7, 11) is 1.68. The Kier molecular flexibility index (Phi) is 6.95. The minimum atomic E-state index is -0.443. The zero-order chi connectivity index (χ0) is 19.9. The zero-order valence-corrected chi connectivity index (χ0v) is 16.7. The molecule has 150 valence electrons. The van der Waals surface area contributed by atoms with E-state index in [1.54, 1.807) is 13.2 Å². The second-order valence-corrected chi connectivity index (χ2v) is 7.14. The molecule has 1 heterocycles. The highest BCUT2D eigenvalue weighted by Gasteiger charge is 2.17. The lowest BCUT2D eigenvalue weighted by molar-refractivity contribution is -0.384. The fraction of sp³-hybridized carbons (Fsp3) is 0.400. The van der Waals surface area contributed by atoms with Gasteiger partial charge in [-0.05, 0) is 43.3 Å². The molecule has 0 saturated carbocycles. The lowest BCUT2D eigenvalue weighted by Gasteiger charge is -2.36. The third kappa shape index (κ3) is 5.27. The molecule has 0 unspecified atom stereocenters. The molecule has 1 aliphatic heterocycles. The van der Waals surface area contributed by atoms with E-state index in [2.05, 4.69) is 27.2 Å². The number of hydrogen-bond donors (Lipinski definition) is 1. The Morgan fingerprint density at radius 3 is 2.46 bits per heavy atom. The molecule has 1 N–H and O–H groups in total. The van der Waals surface area contributed by atoms with Gasteiger partial charge >= 0.3 is 0 Å². The standard InChI is InChI=1S/C20H25ClN4O3/c1-28-18-6-3-16(4-7-18)24-13-11-23(12-14-24)10-2-9-22-20-8-5-17(25(26)27)15-19(20)21/h3-8,15,22H,2,9-14H2,1H3. The summed E-state index contributed by atoms with van der Waals surface area (Å²) in [5, 5.41) is 14.4. The lowest BCUT2D eigenvalue weighted by Crippen LogP contribution is -2.46. The highest BCUT2D eigenvalue weighted by molar-refractivity contribution is 6.33. The van der Waals surface area contributed by atoms with Crippen LogP contribution < -0.4 is 15.0 Å². The number of hydrogen-bond acceptors (Lipinski definition) is 6. The van der Waals surface area contributed by atoms with Gasteiger partial charge < -0.3 is 15.0 Å². The van der Waals surface area contributed by atoms with Crippen molar-refractivity contribution < 1.29 is 9.66 Å². The third-order valence-corrected chi connectivity index (χ3v) is 5.25. The number of ether oxygens (including phenoxy) is 1. The van der Waals surface area contributed by atoms with E-state index in [-0.39, 0.29) is 5.69 Å². The maximum atomic E-state index is 10.8. The summed E-state index contributed by atoms with van der Waals surface area (Å²) in [6.07, 6.45) is 0.982. The lowest BCUT2D eigenvalue weighted by atomic mass is 10.2. The molecule has 2 aromatic carbocycles. The van der Waals surface area contributed by atoms with Gasteiger partial charge in [-0.25, -0.2) is 0 Å². The van der Waals surface area contributed by atoms with Crippen LogP contribution in [0.5, 0.6) is 5.75 Å². The average molecular weight is 405 g/mol. The van der Waals surface area contributed by atoms with Crippen LogP contribution in [-0.4, -0.2) is 56.2 Å². The van der Waals surface area contributed by atoms with Crippen LogP contribution >= 0.6 is 11.6 Å². The van der Waals surface area contributed by atoms with E-state index in [4.69, 9.17) is 16.3 Å². The van der Waals surface area contributed by atoms with Crippen molar-refractivity contribution in [2.75, 3.05) is 56.6 Å². The molecule has 0 radical (unpaired) electrons. The second kappa shape index (κ2) is 9.61. The minimum Gasteiger partial charge on any atom is -0.497 e. The number of methoxy groups -OCH3 is 1. The second-order valence-electron chi connectivity index (χ2n) is 6.73. The molecule has 2 aromatic rings. The highest BCUT2D eigenvalue weighted by atomic mass is 35.5. The van der Waals surface area contributed by atoms with Gasteiger partial charge in [0, 0.05) is 50.5 Å². The number of non-ortho nitro benzene ring substituents is 1. The van der Waals surface area contributed by atoms with Crippen LogP contribution in [0.4, 0.5) is 17.1 Å². The molecule has 0 aliphatic carbocycles. The van der Waals surface area contributed by atoms with Gasteiger partial charge in [-0.2, -0.15) is 0 Å². The van der Waals surface area contributed by atoms with Crippen LogP contribution in [0.1, 0.15) is 6.42 Å². The molecular weight excluding hydrogens is 380 g/mol. The van der Waals surface area contributed by atoms with Gasteiger partial charge in [0.2, 0.25) is 0 Å². The van der Waals surface area contributed by atoms with Gasteiger partial charge in [0.05, 0.1) is 22.7 Å². The van der Waals surface area contributed by atoms with E-state index < -0.39 is 4.92 Å². The Balaban J connectivity index is 1.38. The van der Waals surface area contributed by atoms with E-state index in [0.29, 0.717) is 5.02 Å². The molecule has 3 rings (SSSR count).